The predicted octanol–water partition coefficient (Wildman–Crippen LogP) is 3.99. The van der Waals surface area contributed by atoms with Crippen LogP contribution in [0, 0.1) is 19.8 Å². The first kappa shape index (κ1) is 18.1. The third kappa shape index (κ3) is 3.47. The Morgan fingerprint density at radius 2 is 2.00 bits per heavy atom. The van der Waals surface area contributed by atoms with Gasteiger partial charge in [-0.25, -0.2) is 0 Å². The Balaban J connectivity index is 1.98. The molecule has 26 heavy (non-hydrogen) atoms. The summed E-state index contributed by atoms with van der Waals surface area (Å²) in [5.74, 6) is -0.120. The monoisotopic (exact) mass is 352 g/mol. The number of nitrogens with zero attached hydrogens (tertiary/aromatic N) is 2. The second-order valence-electron chi connectivity index (χ2n) is 7.21. The number of anilines is 1. The van der Waals surface area contributed by atoms with Gasteiger partial charge >= 0.3 is 5.97 Å². The number of carbonyl (C=O) groups excluding carboxylic acids is 2. The number of pyridine rings is 1. The van der Waals surface area contributed by atoms with Crippen molar-refractivity contribution in [2.45, 2.75) is 40.2 Å². The van der Waals surface area contributed by atoms with E-state index >= 15 is 0 Å². The molecule has 5 heteroatoms. The Labute approximate surface area is 154 Å². The Bertz CT molecular complexity index is 831. The summed E-state index contributed by atoms with van der Waals surface area (Å²) >= 11 is 0. The number of carbonyl (C=O) groups is 2. The van der Waals surface area contributed by atoms with Crippen LogP contribution in [0.25, 0.3) is 0 Å². The van der Waals surface area contributed by atoms with Crippen LogP contribution in [-0.4, -0.2) is 23.5 Å². The summed E-state index contributed by atoms with van der Waals surface area (Å²) in [6.07, 6.45) is 3.44. The van der Waals surface area contributed by atoms with Gasteiger partial charge in [0, 0.05) is 11.8 Å². The number of esters is 1. The number of benzene rings is 1. The third-order valence-corrected chi connectivity index (χ3v) is 4.65. The fraction of sp³-hybridized carbons (Fsp3) is 0.381. The van der Waals surface area contributed by atoms with Crippen molar-refractivity contribution in [3.8, 4) is 0 Å². The van der Waals surface area contributed by atoms with E-state index in [1.54, 1.807) is 23.4 Å². The van der Waals surface area contributed by atoms with Crippen LogP contribution in [0.3, 0.4) is 0 Å². The molecule has 3 rings (SSSR count). The zero-order chi connectivity index (χ0) is 18.8. The Kier molecular flexibility index (Phi) is 5.07. The molecule has 1 aromatic heterocycles. The standard InChI is InChI=1S/C21H24N2O3/c1-13(2)12-26-20(24)10-19-17-8-14(3)15(4)9-18(17)21(25)23(19)16-6-5-7-22-11-16/h5-9,11,13,19H,10,12H2,1-4H3. The first-order valence-electron chi connectivity index (χ1n) is 8.89. The number of aromatic nitrogens is 1. The number of hydrogen-bond acceptors (Lipinski definition) is 4. The van der Waals surface area contributed by atoms with Crippen LogP contribution >= 0.6 is 0 Å². The normalized spacial score (nSPS) is 16.1. The van der Waals surface area contributed by atoms with Gasteiger partial charge in [-0.2, -0.15) is 0 Å². The minimum Gasteiger partial charge on any atom is -0.465 e. The lowest BCUT2D eigenvalue weighted by Crippen LogP contribution is -2.30. The zero-order valence-corrected chi connectivity index (χ0v) is 15.7. The molecule has 1 atom stereocenters. The fourth-order valence-electron chi connectivity index (χ4n) is 3.18. The van der Waals surface area contributed by atoms with Gasteiger partial charge in [0.1, 0.15) is 0 Å². The minimum atomic E-state index is -0.374. The molecular weight excluding hydrogens is 328 g/mol. The van der Waals surface area contributed by atoms with E-state index in [-0.39, 0.29) is 30.3 Å². The number of hydrogen-bond donors (Lipinski definition) is 0. The van der Waals surface area contributed by atoms with Crippen molar-refractivity contribution in [1.82, 2.24) is 4.98 Å². The third-order valence-electron chi connectivity index (χ3n) is 4.65. The highest BCUT2D eigenvalue weighted by atomic mass is 16.5. The zero-order valence-electron chi connectivity index (χ0n) is 15.7. The lowest BCUT2D eigenvalue weighted by Gasteiger charge is -2.24. The highest BCUT2D eigenvalue weighted by molar-refractivity contribution is 6.11. The molecule has 5 nitrogen and oxygen atoms in total. The van der Waals surface area contributed by atoms with Gasteiger partial charge in [0.2, 0.25) is 0 Å². The summed E-state index contributed by atoms with van der Waals surface area (Å²) < 4.78 is 5.36. The maximum atomic E-state index is 13.1. The molecule has 136 valence electrons. The molecule has 1 aliphatic heterocycles. The smallest absolute Gasteiger partial charge is 0.308 e. The van der Waals surface area contributed by atoms with Crippen LogP contribution in [-0.2, 0) is 9.53 Å². The van der Waals surface area contributed by atoms with Crippen LogP contribution in [0.2, 0.25) is 0 Å². The quantitative estimate of drug-likeness (QED) is 0.764. The number of fused-ring (bicyclic) bond motifs is 1. The molecule has 1 unspecified atom stereocenters. The van der Waals surface area contributed by atoms with Crippen molar-refractivity contribution >= 4 is 17.6 Å². The molecule has 0 spiro atoms. The van der Waals surface area contributed by atoms with Crippen molar-refractivity contribution in [3.05, 3.63) is 58.9 Å². The Morgan fingerprint density at radius 3 is 2.65 bits per heavy atom. The lowest BCUT2D eigenvalue weighted by molar-refractivity contribution is -0.145. The summed E-state index contributed by atoms with van der Waals surface area (Å²) in [4.78, 5) is 31.2. The lowest BCUT2D eigenvalue weighted by atomic mass is 9.96. The number of aryl methyl sites for hydroxylation is 2. The van der Waals surface area contributed by atoms with Crippen molar-refractivity contribution in [3.63, 3.8) is 0 Å². The number of ether oxygens (including phenoxy) is 1. The fourth-order valence-corrected chi connectivity index (χ4v) is 3.18. The molecule has 1 aromatic carbocycles. The van der Waals surface area contributed by atoms with Crippen LogP contribution in [0.4, 0.5) is 5.69 Å². The van der Waals surface area contributed by atoms with Gasteiger partial charge < -0.3 is 4.74 Å². The number of amides is 1. The van der Waals surface area contributed by atoms with E-state index in [4.69, 9.17) is 4.74 Å². The van der Waals surface area contributed by atoms with Gasteiger partial charge in [0.15, 0.2) is 0 Å². The van der Waals surface area contributed by atoms with E-state index in [0.717, 1.165) is 16.7 Å². The average Bonchev–Trinajstić information content (AvgIpc) is 2.86. The van der Waals surface area contributed by atoms with Crippen molar-refractivity contribution in [2.75, 3.05) is 11.5 Å². The van der Waals surface area contributed by atoms with Crippen molar-refractivity contribution in [2.24, 2.45) is 5.92 Å². The van der Waals surface area contributed by atoms with Crippen molar-refractivity contribution in [1.29, 1.82) is 0 Å². The molecular formula is C21H24N2O3. The van der Waals surface area contributed by atoms with E-state index < -0.39 is 0 Å². The highest BCUT2D eigenvalue weighted by Crippen LogP contribution is 2.40. The minimum absolute atomic E-state index is 0.0993. The van der Waals surface area contributed by atoms with E-state index in [1.807, 2.05) is 45.9 Å². The highest BCUT2D eigenvalue weighted by Gasteiger charge is 2.39. The van der Waals surface area contributed by atoms with Gasteiger partial charge in [0.05, 0.1) is 31.0 Å². The molecule has 1 amide bonds. The Morgan fingerprint density at radius 1 is 1.27 bits per heavy atom. The molecule has 0 saturated heterocycles. The van der Waals surface area contributed by atoms with E-state index in [1.165, 1.54) is 0 Å². The SMILES string of the molecule is Cc1cc2c(cc1C)C(CC(=O)OCC(C)C)N(c1cccnc1)C2=O. The summed E-state index contributed by atoms with van der Waals surface area (Å²) in [5.41, 5.74) is 4.38. The maximum Gasteiger partial charge on any atom is 0.308 e. The average molecular weight is 352 g/mol. The van der Waals surface area contributed by atoms with Gasteiger partial charge in [-0.05, 0) is 54.7 Å². The summed E-state index contributed by atoms with van der Waals surface area (Å²) in [6.45, 7) is 8.38. The first-order valence-corrected chi connectivity index (χ1v) is 8.89. The summed E-state index contributed by atoms with van der Waals surface area (Å²) in [5, 5.41) is 0. The van der Waals surface area contributed by atoms with E-state index in [2.05, 4.69) is 4.98 Å². The molecule has 0 N–H and O–H groups in total. The summed E-state index contributed by atoms with van der Waals surface area (Å²) in [6, 6.07) is 7.18. The molecule has 0 aliphatic carbocycles. The van der Waals surface area contributed by atoms with Crippen LogP contribution in [0.15, 0.2) is 36.7 Å². The molecule has 0 fully saturated rings. The summed E-state index contributed by atoms with van der Waals surface area (Å²) in [7, 11) is 0. The van der Waals surface area contributed by atoms with Crippen LogP contribution in [0.5, 0.6) is 0 Å². The molecule has 1 aliphatic rings. The molecule has 0 bridgehead atoms. The second kappa shape index (κ2) is 7.28. The van der Waals surface area contributed by atoms with E-state index in [9.17, 15) is 9.59 Å². The molecule has 0 radical (unpaired) electrons. The van der Waals surface area contributed by atoms with Crippen molar-refractivity contribution < 1.29 is 14.3 Å². The number of rotatable bonds is 5. The Hall–Kier alpha value is -2.69. The van der Waals surface area contributed by atoms with E-state index in [0.29, 0.717) is 17.9 Å². The van der Waals surface area contributed by atoms with Crippen LogP contribution < -0.4 is 4.90 Å². The molecule has 2 aromatic rings. The molecule has 2 heterocycles. The second-order valence-corrected chi connectivity index (χ2v) is 7.21. The predicted molar refractivity (Wildman–Crippen MR) is 100 cm³/mol. The van der Waals surface area contributed by atoms with Gasteiger partial charge in [-0.3, -0.25) is 19.5 Å². The topological polar surface area (TPSA) is 59.5 Å². The largest absolute Gasteiger partial charge is 0.465 e. The van der Waals surface area contributed by atoms with Gasteiger partial charge in [-0.15, -0.1) is 0 Å². The van der Waals surface area contributed by atoms with Gasteiger partial charge in [-0.1, -0.05) is 19.9 Å². The van der Waals surface area contributed by atoms with Crippen LogP contribution in [0.1, 0.15) is 53.4 Å². The maximum absolute atomic E-state index is 13.1. The first-order chi connectivity index (χ1) is 12.4. The molecule has 0 saturated carbocycles. The van der Waals surface area contributed by atoms with Gasteiger partial charge in [0.25, 0.3) is 5.91 Å².